The lowest BCUT2D eigenvalue weighted by atomic mass is 10.1. The topological polar surface area (TPSA) is 124 Å². The van der Waals surface area contributed by atoms with E-state index in [1.54, 1.807) is 12.1 Å². The summed E-state index contributed by atoms with van der Waals surface area (Å²) < 4.78 is 5.68. The first kappa shape index (κ1) is 17.8. The number of hydrogen-bond donors (Lipinski definition) is 1. The SMILES string of the molecule is Cc1cccc(-c2ccc(/C=N\Nc3ccc([N+](=O)[O-])cc3[N+](=O)[O-])o2)c1. The van der Waals surface area contributed by atoms with Crippen LogP contribution in [0.1, 0.15) is 11.3 Å². The van der Waals surface area contributed by atoms with E-state index >= 15 is 0 Å². The number of nitro groups is 2. The molecule has 0 saturated heterocycles. The maximum absolute atomic E-state index is 11.1. The molecule has 9 nitrogen and oxygen atoms in total. The minimum absolute atomic E-state index is 0.0345. The normalized spacial score (nSPS) is 10.9. The van der Waals surface area contributed by atoms with E-state index < -0.39 is 15.5 Å². The van der Waals surface area contributed by atoms with Crippen LogP contribution < -0.4 is 5.43 Å². The second-order valence-electron chi connectivity index (χ2n) is 5.66. The molecular weight excluding hydrogens is 352 g/mol. The molecule has 2 aromatic carbocycles. The van der Waals surface area contributed by atoms with Crippen molar-refractivity contribution in [1.82, 2.24) is 0 Å². The molecule has 0 aliphatic heterocycles. The minimum atomic E-state index is -0.715. The number of benzene rings is 2. The van der Waals surface area contributed by atoms with Gasteiger partial charge in [0.1, 0.15) is 17.2 Å². The predicted molar refractivity (Wildman–Crippen MR) is 99.8 cm³/mol. The average Bonchev–Trinajstić information content (AvgIpc) is 3.10. The van der Waals surface area contributed by atoms with E-state index in [1.807, 2.05) is 31.2 Å². The van der Waals surface area contributed by atoms with Crippen molar-refractivity contribution in [2.24, 2.45) is 5.10 Å². The van der Waals surface area contributed by atoms with Gasteiger partial charge in [0.25, 0.3) is 5.69 Å². The molecule has 1 heterocycles. The van der Waals surface area contributed by atoms with Gasteiger partial charge in [-0.05, 0) is 31.2 Å². The molecule has 1 N–H and O–H groups in total. The van der Waals surface area contributed by atoms with Gasteiger partial charge in [0, 0.05) is 11.6 Å². The third-order valence-corrected chi connectivity index (χ3v) is 3.69. The summed E-state index contributed by atoms with van der Waals surface area (Å²) in [7, 11) is 0. The summed E-state index contributed by atoms with van der Waals surface area (Å²) in [6.07, 6.45) is 1.37. The van der Waals surface area contributed by atoms with Crippen LogP contribution in [0.5, 0.6) is 0 Å². The van der Waals surface area contributed by atoms with Crippen LogP contribution in [0.2, 0.25) is 0 Å². The van der Waals surface area contributed by atoms with Gasteiger partial charge < -0.3 is 4.42 Å². The number of non-ortho nitro benzene ring substituents is 1. The number of nitrogens with zero attached hydrogens (tertiary/aromatic N) is 3. The first-order chi connectivity index (χ1) is 12.9. The van der Waals surface area contributed by atoms with Crippen LogP contribution in [0.3, 0.4) is 0 Å². The van der Waals surface area contributed by atoms with Gasteiger partial charge in [-0.3, -0.25) is 25.7 Å². The van der Waals surface area contributed by atoms with E-state index in [0.29, 0.717) is 11.5 Å². The molecule has 0 unspecified atom stereocenters. The lowest BCUT2D eigenvalue weighted by Gasteiger charge is -2.01. The second kappa shape index (κ2) is 7.48. The summed E-state index contributed by atoms with van der Waals surface area (Å²) in [4.78, 5) is 20.4. The Labute approximate surface area is 153 Å². The van der Waals surface area contributed by atoms with Gasteiger partial charge in [-0.15, -0.1) is 0 Å². The standard InChI is InChI=1S/C18H14N4O5/c1-12-3-2-4-13(9-12)18-8-6-15(27-18)11-19-20-16-7-5-14(21(23)24)10-17(16)22(25)26/h2-11,20H,1H3/b19-11-. The van der Waals surface area contributed by atoms with Crippen molar-refractivity contribution in [3.63, 3.8) is 0 Å². The van der Waals surface area contributed by atoms with Crippen molar-refractivity contribution in [2.75, 3.05) is 5.43 Å². The molecule has 136 valence electrons. The average molecular weight is 366 g/mol. The summed E-state index contributed by atoms with van der Waals surface area (Å²) in [5, 5.41) is 25.7. The van der Waals surface area contributed by atoms with Crippen LogP contribution in [-0.2, 0) is 0 Å². The molecular formula is C18H14N4O5. The zero-order valence-corrected chi connectivity index (χ0v) is 14.2. The Balaban J connectivity index is 1.76. The number of furan rings is 1. The molecule has 0 radical (unpaired) electrons. The number of nitro benzene ring substituents is 2. The van der Waals surface area contributed by atoms with Crippen LogP contribution in [0.15, 0.2) is 64.1 Å². The van der Waals surface area contributed by atoms with E-state index in [0.717, 1.165) is 23.3 Å². The van der Waals surface area contributed by atoms with Crippen LogP contribution >= 0.6 is 0 Å². The molecule has 9 heteroatoms. The van der Waals surface area contributed by atoms with Gasteiger partial charge in [0.15, 0.2) is 0 Å². The summed E-state index contributed by atoms with van der Waals surface area (Å²) in [6, 6.07) is 14.6. The fourth-order valence-corrected chi connectivity index (χ4v) is 2.42. The van der Waals surface area contributed by atoms with Gasteiger partial charge >= 0.3 is 5.69 Å². The summed E-state index contributed by atoms with van der Waals surface area (Å²) >= 11 is 0. The molecule has 0 atom stereocenters. The molecule has 3 rings (SSSR count). The van der Waals surface area contributed by atoms with Crippen LogP contribution in [-0.4, -0.2) is 16.1 Å². The predicted octanol–water partition coefficient (Wildman–Crippen LogP) is 4.52. The van der Waals surface area contributed by atoms with E-state index in [2.05, 4.69) is 10.5 Å². The largest absolute Gasteiger partial charge is 0.455 e. The van der Waals surface area contributed by atoms with E-state index in [-0.39, 0.29) is 11.4 Å². The van der Waals surface area contributed by atoms with Crippen LogP contribution in [0.25, 0.3) is 11.3 Å². The zero-order valence-electron chi connectivity index (χ0n) is 14.2. The first-order valence-corrected chi connectivity index (χ1v) is 7.83. The van der Waals surface area contributed by atoms with Gasteiger partial charge in [-0.1, -0.05) is 23.8 Å². The smallest absolute Gasteiger partial charge is 0.301 e. The highest BCUT2D eigenvalue weighted by Crippen LogP contribution is 2.29. The Bertz CT molecular complexity index is 1040. The van der Waals surface area contributed by atoms with Crippen LogP contribution in [0.4, 0.5) is 17.1 Å². The number of hydrogen-bond acceptors (Lipinski definition) is 7. The zero-order chi connectivity index (χ0) is 19.4. The lowest BCUT2D eigenvalue weighted by molar-refractivity contribution is -0.393. The minimum Gasteiger partial charge on any atom is -0.455 e. The molecule has 0 bridgehead atoms. The van der Waals surface area contributed by atoms with Gasteiger partial charge in [-0.2, -0.15) is 5.10 Å². The third-order valence-electron chi connectivity index (χ3n) is 3.69. The maximum atomic E-state index is 11.1. The summed E-state index contributed by atoms with van der Waals surface area (Å²) in [5.41, 5.74) is 3.76. The highest BCUT2D eigenvalue weighted by Gasteiger charge is 2.19. The Kier molecular flexibility index (Phi) is 4.93. The Morgan fingerprint density at radius 3 is 2.56 bits per heavy atom. The van der Waals surface area contributed by atoms with Crippen molar-refractivity contribution in [3.05, 3.63) is 86.1 Å². The van der Waals surface area contributed by atoms with Crippen LogP contribution in [0, 0.1) is 27.2 Å². The number of rotatable bonds is 6. The highest BCUT2D eigenvalue weighted by molar-refractivity contribution is 5.78. The maximum Gasteiger partial charge on any atom is 0.301 e. The van der Waals surface area contributed by atoms with E-state index in [9.17, 15) is 20.2 Å². The van der Waals surface area contributed by atoms with Gasteiger partial charge in [0.05, 0.1) is 22.1 Å². The van der Waals surface area contributed by atoms with Crippen molar-refractivity contribution < 1.29 is 14.3 Å². The summed E-state index contributed by atoms with van der Waals surface area (Å²) in [6.45, 7) is 1.98. The molecule has 27 heavy (non-hydrogen) atoms. The van der Waals surface area contributed by atoms with Crippen molar-refractivity contribution in [3.8, 4) is 11.3 Å². The molecule has 3 aromatic rings. The molecule has 1 aromatic heterocycles. The van der Waals surface area contributed by atoms with Gasteiger partial charge in [-0.25, -0.2) is 0 Å². The number of aryl methyl sites for hydroxylation is 1. The second-order valence-corrected chi connectivity index (χ2v) is 5.66. The monoisotopic (exact) mass is 366 g/mol. The number of anilines is 1. The quantitative estimate of drug-likeness (QED) is 0.388. The molecule has 0 aliphatic carbocycles. The lowest BCUT2D eigenvalue weighted by Crippen LogP contribution is -1.98. The Hall–Kier alpha value is -4.01. The van der Waals surface area contributed by atoms with Crippen molar-refractivity contribution >= 4 is 23.3 Å². The highest BCUT2D eigenvalue weighted by atomic mass is 16.6. The Morgan fingerprint density at radius 2 is 1.85 bits per heavy atom. The molecule has 0 aliphatic rings. The number of nitrogens with one attached hydrogen (secondary N) is 1. The molecule has 0 fully saturated rings. The fourth-order valence-electron chi connectivity index (χ4n) is 2.42. The first-order valence-electron chi connectivity index (χ1n) is 7.83. The molecule has 0 amide bonds. The van der Waals surface area contributed by atoms with Gasteiger partial charge in [0.2, 0.25) is 0 Å². The van der Waals surface area contributed by atoms with Crippen molar-refractivity contribution in [2.45, 2.75) is 6.92 Å². The van der Waals surface area contributed by atoms with E-state index in [4.69, 9.17) is 4.42 Å². The fraction of sp³-hybridized carbons (Fsp3) is 0.0556. The molecule has 0 saturated carbocycles. The van der Waals surface area contributed by atoms with E-state index in [1.165, 1.54) is 12.3 Å². The number of hydrazone groups is 1. The molecule has 0 spiro atoms. The van der Waals surface area contributed by atoms with Crippen molar-refractivity contribution in [1.29, 1.82) is 0 Å². The summed E-state index contributed by atoms with van der Waals surface area (Å²) in [5.74, 6) is 1.12. The third kappa shape index (κ3) is 4.15. The Morgan fingerprint density at radius 1 is 1.04 bits per heavy atom.